The fourth-order valence-electron chi connectivity index (χ4n) is 2.53. The molecule has 1 unspecified atom stereocenters. The van der Waals surface area contributed by atoms with Gasteiger partial charge in [0.2, 0.25) is 0 Å². The molecule has 3 heteroatoms. The van der Waals surface area contributed by atoms with Gasteiger partial charge in [-0.15, -0.1) is 0 Å². The average Bonchev–Trinajstić information content (AvgIpc) is 2.55. The predicted molar refractivity (Wildman–Crippen MR) is 86.6 cm³/mol. The van der Waals surface area contributed by atoms with Crippen LogP contribution in [0.25, 0.3) is 0 Å². The largest absolute Gasteiger partial charge is 0.495 e. The summed E-state index contributed by atoms with van der Waals surface area (Å²) in [5, 5.41) is 3.54. The van der Waals surface area contributed by atoms with Crippen molar-refractivity contribution in [3.05, 3.63) is 59.9 Å². The van der Waals surface area contributed by atoms with E-state index in [4.69, 9.17) is 4.74 Å². The van der Waals surface area contributed by atoms with Gasteiger partial charge < -0.3 is 10.1 Å². The summed E-state index contributed by atoms with van der Waals surface area (Å²) in [6.07, 6.45) is 7.03. The molecule has 0 bridgehead atoms. The van der Waals surface area contributed by atoms with Crippen LogP contribution in [0.4, 0.5) is 0 Å². The Balaban J connectivity index is 1.95. The molecule has 2 aromatic rings. The summed E-state index contributed by atoms with van der Waals surface area (Å²) in [5.74, 6) is 0.818. The molecular formula is C18H24N2O. The van der Waals surface area contributed by atoms with Crippen molar-refractivity contribution in [3.8, 4) is 5.75 Å². The third-order valence-corrected chi connectivity index (χ3v) is 3.62. The Morgan fingerprint density at radius 2 is 2.00 bits per heavy atom. The highest BCUT2D eigenvalue weighted by Gasteiger charge is 2.11. The van der Waals surface area contributed by atoms with Crippen LogP contribution in [0.2, 0.25) is 0 Å². The van der Waals surface area contributed by atoms with Crippen LogP contribution in [0, 0.1) is 0 Å². The van der Waals surface area contributed by atoms with Crippen molar-refractivity contribution in [2.24, 2.45) is 0 Å². The van der Waals surface area contributed by atoms with Gasteiger partial charge in [0, 0.05) is 12.2 Å². The number of methoxy groups -OCH3 is 1. The van der Waals surface area contributed by atoms with Crippen molar-refractivity contribution in [1.29, 1.82) is 0 Å². The lowest BCUT2D eigenvalue weighted by Crippen LogP contribution is -2.21. The maximum Gasteiger partial charge on any atom is 0.137 e. The fraction of sp³-hybridized carbons (Fsp3) is 0.389. The van der Waals surface area contributed by atoms with Gasteiger partial charge in [-0.3, -0.25) is 4.98 Å². The SMILES string of the molecule is CCNC(CCCc1ccccc1)c1cncc(OC)c1. The molecule has 21 heavy (non-hydrogen) atoms. The molecule has 1 N–H and O–H groups in total. The minimum atomic E-state index is 0.335. The Labute approximate surface area is 127 Å². The maximum absolute atomic E-state index is 5.27. The first-order chi connectivity index (χ1) is 10.3. The third-order valence-electron chi connectivity index (χ3n) is 3.62. The molecule has 0 aliphatic rings. The normalized spacial score (nSPS) is 12.1. The van der Waals surface area contributed by atoms with Crippen LogP contribution in [0.3, 0.4) is 0 Å². The summed E-state index contributed by atoms with van der Waals surface area (Å²) in [5.41, 5.74) is 2.60. The lowest BCUT2D eigenvalue weighted by molar-refractivity contribution is 0.410. The van der Waals surface area contributed by atoms with Gasteiger partial charge in [0.05, 0.1) is 13.3 Å². The molecule has 1 atom stereocenters. The van der Waals surface area contributed by atoms with Gasteiger partial charge >= 0.3 is 0 Å². The Morgan fingerprint density at radius 3 is 2.71 bits per heavy atom. The smallest absolute Gasteiger partial charge is 0.137 e. The van der Waals surface area contributed by atoms with E-state index in [1.165, 1.54) is 11.1 Å². The number of aromatic nitrogens is 1. The van der Waals surface area contributed by atoms with Gasteiger partial charge in [0.15, 0.2) is 0 Å². The topological polar surface area (TPSA) is 34.2 Å². The van der Waals surface area contributed by atoms with E-state index in [2.05, 4.69) is 53.6 Å². The highest BCUT2D eigenvalue weighted by molar-refractivity contribution is 5.26. The summed E-state index contributed by atoms with van der Waals surface area (Å²) >= 11 is 0. The van der Waals surface area contributed by atoms with Crippen LogP contribution < -0.4 is 10.1 Å². The number of nitrogens with one attached hydrogen (secondary N) is 1. The number of pyridine rings is 1. The second-order valence-electron chi connectivity index (χ2n) is 5.15. The van der Waals surface area contributed by atoms with Gasteiger partial charge in [-0.1, -0.05) is 37.3 Å². The first-order valence-corrected chi connectivity index (χ1v) is 7.59. The van der Waals surface area contributed by atoms with Crippen molar-refractivity contribution in [2.45, 2.75) is 32.2 Å². The van der Waals surface area contributed by atoms with Crippen LogP contribution in [-0.4, -0.2) is 18.6 Å². The van der Waals surface area contributed by atoms with E-state index in [0.717, 1.165) is 31.6 Å². The molecule has 2 rings (SSSR count). The number of hydrogen-bond acceptors (Lipinski definition) is 3. The molecule has 0 saturated heterocycles. The summed E-state index contributed by atoms with van der Waals surface area (Å²) in [7, 11) is 1.68. The van der Waals surface area contributed by atoms with E-state index in [0.29, 0.717) is 6.04 Å². The van der Waals surface area contributed by atoms with E-state index >= 15 is 0 Å². The van der Waals surface area contributed by atoms with E-state index in [1.807, 2.05) is 6.20 Å². The van der Waals surface area contributed by atoms with Crippen LogP contribution >= 0.6 is 0 Å². The monoisotopic (exact) mass is 284 g/mol. The zero-order valence-corrected chi connectivity index (χ0v) is 12.9. The molecule has 0 fully saturated rings. The van der Waals surface area contributed by atoms with Crippen LogP contribution in [-0.2, 0) is 6.42 Å². The van der Waals surface area contributed by atoms with E-state index < -0.39 is 0 Å². The van der Waals surface area contributed by atoms with Crippen molar-refractivity contribution in [3.63, 3.8) is 0 Å². The van der Waals surface area contributed by atoms with Crippen molar-refractivity contribution < 1.29 is 4.74 Å². The quantitative estimate of drug-likeness (QED) is 0.801. The molecule has 3 nitrogen and oxygen atoms in total. The molecule has 0 aliphatic heterocycles. The molecule has 0 amide bonds. The standard InChI is InChI=1S/C18H24N2O/c1-3-20-18(16-12-17(21-2)14-19-13-16)11-7-10-15-8-5-4-6-9-15/h4-6,8-9,12-14,18,20H,3,7,10-11H2,1-2H3. The fourth-order valence-corrected chi connectivity index (χ4v) is 2.53. The average molecular weight is 284 g/mol. The van der Waals surface area contributed by atoms with Crippen LogP contribution in [0.5, 0.6) is 5.75 Å². The molecule has 0 radical (unpaired) electrons. The zero-order valence-electron chi connectivity index (χ0n) is 12.9. The Hall–Kier alpha value is -1.87. The van der Waals surface area contributed by atoms with Gasteiger partial charge in [0.25, 0.3) is 0 Å². The highest BCUT2D eigenvalue weighted by Crippen LogP contribution is 2.22. The Bertz CT molecular complexity index is 528. The predicted octanol–water partition coefficient (Wildman–Crippen LogP) is 3.76. The minimum absolute atomic E-state index is 0.335. The van der Waals surface area contributed by atoms with Gasteiger partial charge in [-0.05, 0) is 43.0 Å². The molecule has 0 spiro atoms. The maximum atomic E-state index is 5.27. The summed E-state index contributed by atoms with van der Waals surface area (Å²) < 4.78 is 5.27. The van der Waals surface area contributed by atoms with Crippen molar-refractivity contribution in [1.82, 2.24) is 10.3 Å². The van der Waals surface area contributed by atoms with Gasteiger partial charge in [-0.2, -0.15) is 0 Å². The minimum Gasteiger partial charge on any atom is -0.495 e. The molecule has 1 aromatic carbocycles. The number of benzene rings is 1. The zero-order chi connectivity index (χ0) is 14.9. The van der Waals surface area contributed by atoms with Crippen LogP contribution in [0.1, 0.15) is 36.9 Å². The number of aryl methyl sites for hydroxylation is 1. The molecular weight excluding hydrogens is 260 g/mol. The first-order valence-electron chi connectivity index (χ1n) is 7.59. The van der Waals surface area contributed by atoms with Gasteiger partial charge in [0.1, 0.15) is 5.75 Å². The third kappa shape index (κ3) is 4.87. The second-order valence-corrected chi connectivity index (χ2v) is 5.15. The van der Waals surface area contributed by atoms with E-state index in [9.17, 15) is 0 Å². The highest BCUT2D eigenvalue weighted by atomic mass is 16.5. The van der Waals surface area contributed by atoms with E-state index in [-0.39, 0.29) is 0 Å². The summed E-state index contributed by atoms with van der Waals surface area (Å²) in [4.78, 5) is 4.26. The number of rotatable bonds is 8. The summed E-state index contributed by atoms with van der Waals surface area (Å²) in [6.45, 7) is 3.09. The second kappa shape index (κ2) is 8.42. The Kier molecular flexibility index (Phi) is 6.22. The van der Waals surface area contributed by atoms with Gasteiger partial charge in [-0.25, -0.2) is 0 Å². The number of nitrogens with zero attached hydrogens (tertiary/aromatic N) is 1. The molecule has 1 aromatic heterocycles. The molecule has 112 valence electrons. The van der Waals surface area contributed by atoms with Crippen molar-refractivity contribution in [2.75, 3.05) is 13.7 Å². The Morgan fingerprint density at radius 1 is 1.19 bits per heavy atom. The van der Waals surface area contributed by atoms with Crippen molar-refractivity contribution >= 4 is 0 Å². The summed E-state index contributed by atoms with van der Waals surface area (Å²) in [6, 6.07) is 13.0. The lowest BCUT2D eigenvalue weighted by Gasteiger charge is -2.18. The lowest BCUT2D eigenvalue weighted by atomic mass is 10.00. The molecule has 0 saturated carbocycles. The van der Waals surface area contributed by atoms with Crippen LogP contribution in [0.15, 0.2) is 48.8 Å². The number of hydrogen-bond donors (Lipinski definition) is 1. The van der Waals surface area contributed by atoms with E-state index in [1.54, 1.807) is 13.3 Å². The first kappa shape index (κ1) is 15.5. The molecule has 0 aliphatic carbocycles. The molecule has 1 heterocycles. The number of ether oxygens (including phenoxy) is 1.